The van der Waals surface area contributed by atoms with Crippen molar-refractivity contribution in [3.63, 3.8) is 0 Å². The number of anilines is 1. The van der Waals surface area contributed by atoms with Crippen molar-refractivity contribution in [2.75, 3.05) is 44.7 Å². The minimum Gasteiger partial charge on any atom is -0.460 e. The number of rotatable bonds is 9. The summed E-state index contributed by atoms with van der Waals surface area (Å²) in [5.41, 5.74) is 1.07. The van der Waals surface area contributed by atoms with E-state index < -0.39 is 5.82 Å². The summed E-state index contributed by atoms with van der Waals surface area (Å²) in [6.45, 7) is 2.87. The average molecular weight is 566 g/mol. The number of nitriles is 1. The van der Waals surface area contributed by atoms with Crippen LogP contribution in [0.2, 0.25) is 5.15 Å². The van der Waals surface area contributed by atoms with Gasteiger partial charge >= 0.3 is 5.97 Å². The fourth-order valence-corrected chi connectivity index (χ4v) is 5.74. The molecule has 11 heteroatoms. The van der Waals surface area contributed by atoms with Crippen LogP contribution in [0.5, 0.6) is 0 Å². The zero-order chi connectivity index (χ0) is 28.1. The molecule has 0 saturated carbocycles. The van der Waals surface area contributed by atoms with Gasteiger partial charge in [0.05, 0.1) is 24.4 Å². The van der Waals surface area contributed by atoms with Crippen LogP contribution in [0.1, 0.15) is 37.1 Å². The molecule has 2 saturated heterocycles. The standard InChI is InChI=1S/C29H33ClFN7O2/c1-36-13-5-8-21(36)9-10-24-34-27-23(16-33-28(30)26(27)31)29(35-24)38-15-14-37(22(17-38)11-12-32)18-25(39)40-19-20-6-3-2-4-7-20/h2-4,6-7,16,21-22H,5,8-11,13-15,17-19H2,1H3/t21-,22+/m1/s1. The molecule has 9 nitrogen and oxygen atoms in total. The number of hydrogen-bond acceptors (Lipinski definition) is 9. The average Bonchev–Trinajstić information content (AvgIpc) is 3.38. The molecule has 1 aromatic carbocycles. The van der Waals surface area contributed by atoms with Gasteiger partial charge in [0, 0.05) is 44.3 Å². The summed E-state index contributed by atoms with van der Waals surface area (Å²) in [5, 5.41) is 9.80. The molecular formula is C29H33ClFN7O2. The number of nitrogens with zero attached hydrogens (tertiary/aromatic N) is 7. The van der Waals surface area contributed by atoms with E-state index in [4.69, 9.17) is 21.3 Å². The minimum atomic E-state index is -0.657. The third kappa shape index (κ3) is 6.49. The largest absolute Gasteiger partial charge is 0.460 e. The van der Waals surface area contributed by atoms with E-state index >= 15 is 4.39 Å². The SMILES string of the molecule is CN1CCC[C@@H]1CCc1nc(N2CCN(CC(=O)OCc3ccccc3)[C@@H](CC#N)C2)c2cnc(Cl)c(F)c2n1. The number of carbonyl (C=O) groups is 1. The van der Waals surface area contributed by atoms with E-state index in [1.807, 2.05) is 40.1 Å². The van der Waals surface area contributed by atoms with Crippen molar-refractivity contribution < 1.29 is 13.9 Å². The molecule has 2 fully saturated rings. The monoisotopic (exact) mass is 565 g/mol. The quantitative estimate of drug-likeness (QED) is 0.282. The maximum atomic E-state index is 15.1. The third-order valence-corrected chi connectivity index (χ3v) is 8.11. The third-order valence-electron chi connectivity index (χ3n) is 7.85. The predicted molar refractivity (Wildman–Crippen MR) is 150 cm³/mol. The molecule has 0 amide bonds. The number of ether oxygens (including phenoxy) is 1. The molecule has 3 aromatic rings. The van der Waals surface area contributed by atoms with Crippen LogP contribution in [0, 0.1) is 17.1 Å². The summed E-state index contributed by atoms with van der Waals surface area (Å²) in [4.78, 5) is 32.4. The highest BCUT2D eigenvalue weighted by Crippen LogP contribution is 2.30. The Bertz CT molecular complexity index is 1390. The first-order chi connectivity index (χ1) is 19.4. The summed E-state index contributed by atoms with van der Waals surface area (Å²) in [6, 6.07) is 12.0. The topological polar surface area (TPSA) is 98.5 Å². The molecule has 2 aliphatic heterocycles. The van der Waals surface area contributed by atoms with Crippen LogP contribution in [-0.2, 0) is 22.6 Å². The van der Waals surface area contributed by atoms with E-state index in [2.05, 4.69) is 28.0 Å². The molecule has 2 atom stereocenters. The van der Waals surface area contributed by atoms with Crippen molar-refractivity contribution >= 4 is 34.3 Å². The Kier molecular flexibility index (Phi) is 9.04. The highest BCUT2D eigenvalue weighted by molar-refractivity contribution is 6.30. The van der Waals surface area contributed by atoms with Gasteiger partial charge in [0.1, 0.15) is 23.8 Å². The first-order valence-electron chi connectivity index (χ1n) is 13.7. The van der Waals surface area contributed by atoms with Crippen molar-refractivity contribution in [2.24, 2.45) is 0 Å². The Hall–Kier alpha value is -3.39. The van der Waals surface area contributed by atoms with Gasteiger partial charge in [-0.2, -0.15) is 5.26 Å². The number of halogens is 2. The van der Waals surface area contributed by atoms with Crippen molar-refractivity contribution in [1.29, 1.82) is 5.26 Å². The number of benzene rings is 1. The van der Waals surface area contributed by atoms with Gasteiger partial charge in [-0.1, -0.05) is 41.9 Å². The fraction of sp³-hybridized carbons (Fsp3) is 0.483. The Balaban J connectivity index is 1.33. The van der Waals surface area contributed by atoms with Gasteiger partial charge in [0.25, 0.3) is 0 Å². The molecule has 2 aliphatic rings. The molecule has 0 spiro atoms. The Morgan fingerprint density at radius 2 is 2.02 bits per heavy atom. The lowest BCUT2D eigenvalue weighted by Crippen LogP contribution is -2.54. The maximum Gasteiger partial charge on any atom is 0.320 e. The molecule has 0 unspecified atom stereocenters. The first-order valence-corrected chi connectivity index (χ1v) is 14.1. The number of piperazine rings is 1. The zero-order valence-corrected chi connectivity index (χ0v) is 23.4. The van der Waals surface area contributed by atoms with E-state index in [0.717, 1.165) is 24.9 Å². The number of aromatic nitrogens is 3. The molecule has 2 aromatic heterocycles. The first kappa shape index (κ1) is 28.1. The Morgan fingerprint density at radius 1 is 1.20 bits per heavy atom. The number of likely N-dealkylation sites (tertiary alicyclic amines) is 1. The van der Waals surface area contributed by atoms with Gasteiger partial charge in [0.2, 0.25) is 0 Å². The maximum absolute atomic E-state index is 15.1. The van der Waals surface area contributed by atoms with E-state index in [9.17, 15) is 10.1 Å². The lowest BCUT2D eigenvalue weighted by molar-refractivity contribution is -0.147. The number of fused-ring (bicyclic) bond motifs is 1. The van der Waals surface area contributed by atoms with Crippen LogP contribution in [0.25, 0.3) is 10.9 Å². The lowest BCUT2D eigenvalue weighted by Gasteiger charge is -2.41. The summed E-state index contributed by atoms with van der Waals surface area (Å²) in [5.74, 6) is 0.146. The van der Waals surface area contributed by atoms with Crippen molar-refractivity contribution in [2.45, 2.75) is 50.8 Å². The fourth-order valence-electron chi connectivity index (χ4n) is 5.60. The van der Waals surface area contributed by atoms with Crippen molar-refractivity contribution in [3.8, 4) is 6.07 Å². The van der Waals surface area contributed by atoms with Gasteiger partial charge in [0.15, 0.2) is 11.0 Å². The molecule has 0 aliphatic carbocycles. The Labute approximate surface area is 238 Å². The number of pyridine rings is 1. The smallest absolute Gasteiger partial charge is 0.320 e. The molecule has 210 valence electrons. The van der Waals surface area contributed by atoms with Gasteiger partial charge in [-0.25, -0.2) is 19.3 Å². The van der Waals surface area contributed by atoms with Crippen molar-refractivity contribution in [3.05, 3.63) is 58.9 Å². The number of esters is 1. The summed E-state index contributed by atoms with van der Waals surface area (Å²) in [6.07, 6.45) is 5.55. The molecule has 4 heterocycles. The lowest BCUT2D eigenvalue weighted by atomic mass is 10.1. The van der Waals surface area contributed by atoms with Crippen LogP contribution in [0.3, 0.4) is 0 Å². The van der Waals surface area contributed by atoms with E-state index in [0.29, 0.717) is 49.1 Å². The summed E-state index contributed by atoms with van der Waals surface area (Å²) < 4.78 is 20.6. The highest BCUT2D eigenvalue weighted by atomic mass is 35.5. The number of hydrogen-bond donors (Lipinski definition) is 0. The van der Waals surface area contributed by atoms with Crippen LogP contribution in [0.4, 0.5) is 10.2 Å². The Morgan fingerprint density at radius 3 is 2.77 bits per heavy atom. The number of aryl methyl sites for hydroxylation is 1. The molecular weight excluding hydrogens is 533 g/mol. The van der Waals surface area contributed by atoms with E-state index in [1.165, 1.54) is 12.6 Å². The molecule has 5 rings (SSSR count). The second-order valence-corrected chi connectivity index (χ2v) is 10.8. The van der Waals surface area contributed by atoms with Gasteiger partial charge < -0.3 is 14.5 Å². The minimum absolute atomic E-state index is 0.0868. The number of carbonyl (C=O) groups excluding carboxylic acids is 1. The van der Waals surface area contributed by atoms with E-state index in [-0.39, 0.29) is 42.3 Å². The molecule has 40 heavy (non-hydrogen) atoms. The van der Waals surface area contributed by atoms with Crippen molar-refractivity contribution in [1.82, 2.24) is 24.8 Å². The molecule has 0 bridgehead atoms. The van der Waals surface area contributed by atoms with E-state index in [1.54, 1.807) is 0 Å². The molecule has 0 radical (unpaired) electrons. The van der Waals surface area contributed by atoms with Crippen LogP contribution >= 0.6 is 11.6 Å². The summed E-state index contributed by atoms with van der Waals surface area (Å²) in [7, 11) is 2.13. The second-order valence-electron chi connectivity index (χ2n) is 10.5. The summed E-state index contributed by atoms with van der Waals surface area (Å²) >= 11 is 6.02. The predicted octanol–water partition coefficient (Wildman–Crippen LogP) is 3.99. The van der Waals surface area contributed by atoms with Gasteiger partial charge in [-0.05, 0) is 38.4 Å². The molecule has 0 N–H and O–H groups in total. The van der Waals surface area contributed by atoms with Gasteiger partial charge in [-0.3, -0.25) is 9.69 Å². The van der Waals surface area contributed by atoms with Crippen LogP contribution in [-0.4, -0.2) is 82.6 Å². The zero-order valence-electron chi connectivity index (χ0n) is 22.6. The van der Waals surface area contributed by atoms with Gasteiger partial charge in [-0.15, -0.1) is 0 Å². The normalized spacial score (nSPS) is 20.1. The second kappa shape index (κ2) is 12.9. The van der Waals surface area contributed by atoms with Crippen LogP contribution in [0.15, 0.2) is 36.5 Å². The van der Waals surface area contributed by atoms with Crippen LogP contribution < -0.4 is 4.90 Å². The highest BCUT2D eigenvalue weighted by Gasteiger charge is 2.31.